The first-order valence-electron chi connectivity index (χ1n) is 7.86. The average molecular weight is 277 g/mol. The first kappa shape index (κ1) is 17.2. The molecule has 0 spiro atoms. The van der Waals surface area contributed by atoms with Crippen LogP contribution in [0.1, 0.15) is 56.8 Å². The van der Waals surface area contributed by atoms with E-state index >= 15 is 0 Å². The number of aryl methyl sites for hydroxylation is 2. The van der Waals surface area contributed by atoms with Crippen LogP contribution in [0.2, 0.25) is 0 Å². The molecule has 2 heteroatoms. The summed E-state index contributed by atoms with van der Waals surface area (Å²) >= 11 is 0. The van der Waals surface area contributed by atoms with Crippen LogP contribution in [0.25, 0.3) is 0 Å². The Labute approximate surface area is 124 Å². The molecule has 20 heavy (non-hydrogen) atoms. The summed E-state index contributed by atoms with van der Waals surface area (Å²) in [5.74, 6) is 0.684. The predicted octanol–water partition coefficient (Wildman–Crippen LogP) is 4.41. The molecule has 0 amide bonds. The minimum absolute atomic E-state index is 0.287. The Hall–Kier alpha value is -0.860. The number of likely N-dealkylation sites (N-methyl/N-ethyl adjacent to an activating group) is 1. The van der Waals surface area contributed by atoms with E-state index in [9.17, 15) is 0 Å². The summed E-state index contributed by atoms with van der Waals surface area (Å²) in [5.41, 5.74) is 4.01. The van der Waals surface area contributed by atoms with Crippen LogP contribution in [0.15, 0.2) is 18.2 Å². The van der Waals surface area contributed by atoms with E-state index in [1.807, 2.05) is 0 Å². The summed E-state index contributed by atoms with van der Waals surface area (Å²) in [7, 11) is 0. The maximum atomic E-state index is 6.05. The Morgan fingerprint density at radius 2 is 1.85 bits per heavy atom. The highest BCUT2D eigenvalue weighted by Crippen LogP contribution is 2.21. The fraction of sp³-hybridized carbons (Fsp3) is 0.667. The van der Waals surface area contributed by atoms with Gasteiger partial charge in [-0.2, -0.15) is 0 Å². The fourth-order valence-electron chi connectivity index (χ4n) is 2.63. The molecule has 1 rings (SSSR count). The lowest BCUT2D eigenvalue weighted by atomic mass is 9.99. The van der Waals surface area contributed by atoms with Crippen molar-refractivity contribution in [2.45, 2.75) is 60.1 Å². The van der Waals surface area contributed by atoms with Crippen molar-refractivity contribution in [2.75, 3.05) is 13.2 Å². The van der Waals surface area contributed by atoms with Crippen molar-refractivity contribution < 1.29 is 4.74 Å². The lowest BCUT2D eigenvalue weighted by Gasteiger charge is -2.24. The van der Waals surface area contributed by atoms with Gasteiger partial charge >= 0.3 is 0 Å². The molecule has 0 saturated carbocycles. The number of hydrogen-bond acceptors (Lipinski definition) is 2. The van der Waals surface area contributed by atoms with Crippen molar-refractivity contribution in [3.05, 3.63) is 34.9 Å². The van der Waals surface area contributed by atoms with Gasteiger partial charge in [-0.05, 0) is 50.8 Å². The molecule has 2 nitrogen and oxygen atoms in total. The zero-order valence-electron chi connectivity index (χ0n) is 14.0. The number of nitrogens with one attached hydrogen (secondary N) is 1. The first-order valence-corrected chi connectivity index (χ1v) is 7.86. The van der Waals surface area contributed by atoms with Crippen molar-refractivity contribution in [1.82, 2.24) is 5.32 Å². The molecule has 0 aliphatic heterocycles. The second-order valence-corrected chi connectivity index (χ2v) is 6.24. The highest BCUT2D eigenvalue weighted by Gasteiger charge is 2.15. The zero-order chi connectivity index (χ0) is 15.1. The van der Waals surface area contributed by atoms with E-state index in [1.165, 1.54) is 16.7 Å². The minimum atomic E-state index is 0.287. The van der Waals surface area contributed by atoms with Gasteiger partial charge in [-0.15, -0.1) is 0 Å². The fourth-order valence-corrected chi connectivity index (χ4v) is 2.63. The maximum absolute atomic E-state index is 6.05. The summed E-state index contributed by atoms with van der Waals surface area (Å²) in [6.07, 6.45) is 1.44. The molecule has 0 aliphatic rings. The molecule has 0 fully saturated rings. The van der Waals surface area contributed by atoms with E-state index in [0.29, 0.717) is 12.0 Å². The number of rotatable bonds is 8. The monoisotopic (exact) mass is 277 g/mol. The smallest absolute Gasteiger partial charge is 0.0665 e. The van der Waals surface area contributed by atoms with Crippen LogP contribution in [0.5, 0.6) is 0 Å². The summed E-state index contributed by atoms with van der Waals surface area (Å²) < 4.78 is 6.05. The third kappa shape index (κ3) is 5.64. The third-order valence-electron chi connectivity index (χ3n) is 3.61. The van der Waals surface area contributed by atoms with Gasteiger partial charge in [0.2, 0.25) is 0 Å². The number of benzene rings is 1. The number of ether oxygens (including phenoxy) is 1. The zero-order valence-corrected chi connectivity index (χ0v) is 14.0. The molecule has 0 aromatic heterocycles. The maximum Gasteiger partial charge on any atom is 0.0665 e. The van der Waals surface area contributed by atoms with E-state index in [2.05, 4.69) is 65.1 Å². The molecular formula is C18H31NO. The third-order valence-corrected chi connectivity index (χ3v) is 3.61. The molecule has 1 N–H and O–H groups in total. The Balaban J connectivity index is 2.71. The van der Waals surface area contributed by atoms with Gasteiger partial charge < -0.3 is 10.1 Å². The Morgan fingerprint density at radius 3 is 2.45 bits per heavy atom. The van der Waals surface area contributed by atoms with Crippen LogP contribution in [-0.2, 0) is 4.74 Å². The molecule has 1 aromatic rings. The van der Waals surface area contributed by atoms with Gasteiger partial charge in [0.05, 0.1) is 18.8 Å². The van der Waals surface area contributed by atoms with Crippen LogP contribution in [0.4, 0.5) is 0 Å². The van der Waals surface area contributed by atoms with Crippen molar-refractivity contribution >= 4 is 0 Å². The molecule has 0 aliphatic carbocycles. The van der Waals surface area contributed by atoms with Crippen molar-refractivity contribution in [1.29, 1.82) is 0 Å². The number of hydrogen-bond donors (Lipinski definition) is 1. The summed E-state index contributed by atoms with van der Waals surface area (Å²) in [6.45, 7) is 14.8. The lowest BCUT2D eigenvalue weighted by molar-refractivity contribution is 0.0372. The molecule has 2 atom stereocenters. The van der Waals surface area contributed by atoms with Crippen LogP contribution < -0.4 is 5.32 Å². The molecule has 0 saturated heterocycles. The van der Waals surface area contributed by atoms with Crippen LogP contribution in [0.3, 0.4) is 0 Å². The van der Waals surface area contributed by atoms with E-state index in [4.69, 9.17) is 4.74 Å². The van der Waals surface area contributed by atoms with Gasteiger partial charge in [0, 0.05) is 0 Å². The lowest BCUT2D eigenvalue weighted by Crippen LogP contribution is -2.28. The topological polar surface area (TPSA) is 21.3 Å². The summed E-state index contributed by atoms with van der Waals surface area (Å²) in [5, 5.41) is 3.55. The molecule has 0 heterocycles. The predicted molar refractivity (Wildman–Crippen MR) is 87.2 cm³/mol. The standard InChI is InChI=1S/C18H31NO/c1-7-19-18(12-20-16(6)10-13(2)3)17-11-14(4)8-9-15(17)5/h8-9,11,13,16,18-19H,7,10,12H2,1-6H3. The minimum Gasteiger partial charge on any atom is -0.377 e. The largest absolute Gasteiger partial charge is 0.377 e. The first-order chi connectivity index (χ1) is 9.43. The van der Waals surface area contributed by atoms with E-state index in [-0.39, 0.29) is 6.04 Å². The van der Waals surface area contributed by atoms with Gasteiger partial charge in [-0.25, -0.2) is 0 Å². The Morgan fingerprint density at radius 1 is 1.15 bits per heavy atom. The van der Waals surface area contributed by atoms with E-state index < -0.39 is 0 Å². The van der Waals surface area contributed by atoms with E-state index in [1.54, 1.807) is 0 Å². The highest BCUT2D eigenvalue weighted by atomic mass is 16.5. The van der Waals surface area contributed by atoms with Crippen molar-refractivity contribution in [2.24, 2.45) is 5.92 Å². The van der Waals surface area contributed by atoms with Gasteiger partial charge in [0.1, 0.15) is 0 Å². The molecule has 0 radical (unpaired) electrons. The van der Waals surface area contributed by atoms with Crippen molar-refractivity contribution in [3.63, 3.8) is 0 Å². The molecular weight excluding hydrogens is 246 g/mol. The quantitative estimate of drug-likeness (QED) is 0.760. The Kier molecular flexibility index (Phi) is 7.25. The van der Waals surface area contributed by atoms with Crippen LogP contribution in [-0.4, -0.2) is 19.3 Å². The highest BCUT2D eigenvalue weighted by molar-refractivity contribution is 5.33. The second-order valence-electron chi connectivity index (χ2n) is 6.24. The second kappa shape index (κ2) is 8.43. The molecule has 0 bridgehead atoms. The summed E-state index contributed by atoms with van der Waals surface area (Å²) in [6, 6.07) is 6.94. The molecule has 1 aromatic carbocycles. The average Bonchev–Trinajstić information content (AvgIpc) is 2.37. The van der Waals surface area contributed by atoms with Crippen molar-refractivity contribution in [3.8, 4) is 0 Å². The van der Waals surface area contributed by atoms with Crippen LogP contribution >= 0.6 is 0 Å². The SMILES string of the molecule is CCNC(COC(C)CC(C)C)c1cc(C)ccc1C. The van der Waals surface area contributed by atoms with Gasteiger partial charge in [0.25, 0.3) is 0 Å². The molecule has 2 unspecified atom stereocenters. The van der Waals surface area contributed by atoms with E-state index in [0.717, 1.165) is 19.6 Å². The Bertz CT molecular complexity index is 400. The van der Waals surface area contributed by atoms with Gasteiger partial charge in [0.15, 0.2) is 0 Å². The molecule has 114 valence electrons. The van der Waals surface area contributed by atoms with Gasteiger partial charge in [-0.1, -0.05) is 44.5 Å². The normalized spacial score (nSPS) is 14.6. The van der Waals surface area contributed by atoms with Crippen LogP contribution in [0, 0.1) is 19.8 Å². The summed E-state index contributed by atoms with van der Waals surface area (Å²) in [4.78, 5) is 0. The van der Waals surface area contributed by atoms with Gasteiger partial charge in [-0.3, -0.25) is 0 Å².